The second kappa shape index (κ2) is 7.82. The van der Waals surface area contributed by atoms with Crippen molar-refractivity contribution in [3.05, 3.63) is 99.0 Å². The van der Waals surface area contributed by atoms with E-state index in [-0.39, 0.29) is 5.56 Å². The molecule has 0 aliphatic carbocycles. The topological polar surface area (TPSA) is 44.1 Å². The maximum absolute atomic E-state index is 13.2. The average Bonchev–Trinajstić information content (AvgIpc) is 2.73. The second-order valence-electron chi connectivity index (χ2n) is 6.19. The Balaban J connectivity index is 1.88. The van der Waals surface area contributed by atoms with Crippen molar-refractivity contribution in [1.82, 2.24) is 9.55 Å². The zero-order valence-electron chi connectivity index (χ0n) is 15.2. The summed E-state index contributed by atoms with van der Waals surface area (Å²) in [6, 6.07) is 22.7. The third-order valence-electron chi connectivity index (χ3n) is 4.42. The van der Waals surface area contributed by atoms with Crippen LogP contribution in [0.2, 0.25) is 0 Å². The van der Waals surface area contributed by atoms with Crippen LogP contribution < -0.4 is 10.3 Å². The number of halogens is 1. The number of para-hydroxylation sites is 2. The van der Waals surface area contributed by atoms with Crippen LogP contribution in [0.15, 0.2) is 82.1 Å². The van der Waals surface area contributed by atoms with E-state index in [1.807, 2.05) is 78.9 Å². The molecule has 0 aliphatic rings. The Hall–Kier alpha value is -3.18. The molecule has 5 heteroatoms. The minimum Gasteiger partial charge on any atom is -0.496 e. The normalized spacial score (nSPS) is 11.2. The van der Waals surface area contributed by atoms with Gasteiger partial charge in [-0.2, -0.15) is 0 Å². The van der Waals surface area contributed by atoms with Crippen LogP contribution in [0.3, 0.4) is 0 Å². The number of rotatable bonds is 4. The molecular formula is C23H17BrN2O2. The van der Waals surface area contributed by atoms with Crippen LogP contribution in [0.4, 0.5) is 0 Å². The van der Waals surface area contributed by atoms with Crippen molar-refractivity contribution in [2.75, 3.05) is 7.11 Å². The fourth-order valence-electron chi connectivity index (χ4n) is 3.05. The Morgan fingerprint density at radius 1 is 0.964 bits per heavy atom. The number of nitrogens with zero attached hydrogens (tertiary/aromatic N) is 2. The molecule has 0 fully saturated rings. The van der Waals surface area contributed by atoms with Gasteiger partial charge in [-0.15, -0.1) is 0 Å². The van der Waals surface area contributed by atoms with Crippen molar-refractivity contribution in [3.63, 3.8) is 0 Å². The molecule has 0 saturated carbocycles. The van der Waals surface area contributed by atoms with Gasteiger partial charge in [0.25, 0.3) is 5.56 Å². The van der Waals surface area contributed by atoms with Crippen LogP contribution in [0.25, 0.3) is 28.7 Å². The minimum absolute atomic E-state index is 0.0904. The third-order valence-corrected chi connectivity index (χ3v) is 5.04. The molecule has 0 bridgehead atoms. The zero-order valence-corrected chi connectivity index (χ0v) is 16.8. The molecule has 0 N–H and O–H groups in total. The molecule has 0 aliphatic heterocycles. The molecular weight excluding hydrogens is 416 g/mol. The largest absolute Gasteiger partial charge is 0.496 e. The van der Waals surface area contributed by atoms with E-state index in [4.69, 9.17) is 9.72 Å². The van der Waals surface area contributed by atoms with Crippen molar-refractivity contribution in [2.45, 2.75) is 0 Å². The second-order valence-corrected chi connectivity index (χ2v) is 7.04. The first-order valence-electron chi connectivity index (χ1n) is 8.76. The summed E-state index contributed by atoms with van der Waals surface area (Å²) in [5, 5.41) is 0.593. The van der Waals surface area contributed by atoms with Gasteiger partial charge in [-0.3, -0.25) is 9.36 Å². The fourth-order valence-corrected chi connectivity index (χ4v) is 3.60. The first-order chi connectivity index (χ1) is 13.7. The van der Waals surface area contributed by atoms with E-state index in [2.05, 4.69) is 15.9 Å². The number of aromatic nitrogens is 2. The standard InChI is InChI=1S/C23H17BrN2O2/c1-28-21-13-11-16(15-19(21)24)12-14-22-25-20-10-6-5-9-18(20)23(27)26(22)17-7-3-2-4-8-17/h2-15H,1H3/b14-12+. The lowest BCUT2D eigenvalue weighted by molar-refractivity contribution is 0.412. The number of ether oxygens (including phenoxy) is 1. The number of hydrogen-bond donors (Lipinski definition) is 0. The maximum atomic E-state index is 13.2. The van der Waals surface area contributed by atoms with E-state index in [9.17, 15) is 4.79 Å². The van der Waals surface area contributed by atoms with E-state index >= 15 is 0 Å². The first-order valence-corrected chi connectivity index (χ1v) is 9.55. The Bertz CT molecular complexity index is 1230. The highest BCUT2D eigenvalue weighted by Crippen LogP contribution is 2.26. The van der Waals surface area contributed by atoms with Gasteiger partial charge in [0.2, 0.25) is 0 Å². The van der Waals surface area contributed by atoms with Gasteiger partial charge >= 0.3 is 0 Å². The molecule has 0 atom stereocenters. The molecule has 0 radical (unpaired) electrons. The van der Waals surface area contributed by atoms with E-state index < -0.39 is 0 Å². The summed E-state index contributed by atoms with van der Waals surface area (Å²) in [6.45, 7) is 0. The first kappa shape index (κ1) is 18.2. The number of methoxy groups -OCH3 is 1. The summed E-state index contributed by atoms with van der Waals surface area (Å²) in [7, 11) is 1.63. The zero-order chi connectivity index (χ0) is 19.5. The van der Waals surface area contributed by atoms with Gasteiger partial charge in [-0.05, 0) is 64.0 Å². The van der Waals surface area contributed by atoms with Crippen LogP contribution in [0, 0.1) is 0 Å². The molecule has 138 valence electrons. The van der Waals surface area contributed by atoms with Crippen molar-refractivity contribution in [2.24, 2.45) is 0 Å². The Labute approximate surface area is 170 Å². The van der Waals surface area contributed by atoms with Gasteiger partial charge in [-0.1, -0.05) is 42.5 Å². The molecule has 1 heterocycles. The number of fused-ring (bicyclic) bond motifs is 1. The molecule has 3 aromatic carbocycles. The quantitative estimate of drug-likeness (QED) is 0.437. The van der Waals surface area contributed by atoms with Crippen molar-refractivity contribution in [1.29, 1.82) is 0 Å². The SMILES string of the molecule is COc1ccc(/C=C/c2nc3ccccc3c(=O)n2-c2ccccc2)cc1Br. The molecule has 28 heavy (non-hydrogen) atoms. The molecule has 1 aromatic heterocycles. The van der Waals surface area contributed by atoms with E-state index in [0.717, 1.165) is 21.5 Å². The van der Waals surface area contributed by atoms with Crippen LogP contribution in [-0.4, -0.2) is 16.7 Å². The Morgan fingerprint density at radius 2 is 1.71 bits per heavy atom. The average molecular weight is 433 g/mol. The summed E-state index contributed by atoms with van der Waals surface area (Å²) in [5.41, 5.74) is 2.33. The number of hydrogen-bond acceptors (Lipinski definition) is 3. The molecule has 4 rings (SSSR count). The van der Waals surface area contributed by atoms with E-state index in [1.165, 1.54) is 0 Å². The molecule has 0 saturated heterocycles. The minimum atomic E-state index is -0.0904. The van der Waals surface area contributed by atoms with Crippen LogP contribution in [-0.2, 0) is 0 Å². The lowest BCUT2D eigenvalue weighted by Crippen LogP contribution is -2.22. The molecule has 4 aromatic rings. The molecule has 4 nitrogen and oxygen atoms in total. The van der Waals surface area contributed by atoms with Crippen LogP contribution in [0.5, 0.6) is 5.75 Å². The summed E-state index contributed by atoms with van der Waals surface area (Å²) in [4.78, 5) is 17.9. The van der Waals surface area contributed by atoms with Gasteiger partial charge in [0.1, 0.15) is 11.6 Å². The summed E-state index contributed by atoms with van der Waals surface area (Å²) < 4.78 is 7.78. The molecule has 0 unspecified atom stereocenters. The highest BCUT2D eigenvalue weighted by Gasteiger charge is 2.10. The third kappa shape index (κ3) is 3.49. The van der Waals surface area contributed by atoms with Gasteiger partial charge in [-0.25, -0.2) is 4.98 Å². The predicted molar refractivity (Wildman–Crippen MR) is 117 cm³/mol. The predicted octanol–water partition coefficient (Wildman–Crippen LogP) is 5.33. The van der Waals surface area contributed by atoms with Gasteiger partial charge in [0, 0.05) is 0 Å². The fraction of sp³-hybridized carbons (Fsp3) is 0.0435. The van der Waals surface area contributed by atoms with Gasteiger partial charge < -0.3 is 4.74 Å². The lowest BCUT2D eigenvalue weighted by atomic mass is 10.2. The summed E-state index contributed by atoms with van der Waals surface area (Å²) >= 11 is 3.50. The van der Waals surface area contributed by atoms with Crippen molar-refractivity contribution in [3.8, 4) is 11.4 Å². The van der Waals surface area contributed by atoms with Gasteiger partial charge in [0.05, 0.1) is 28.2 Å². The highest BCUT2D eigenvalue weighted by atomic mass is 79.9. The smallest absolute Gasteiger partial charge is 0.266 e. The lowest BCUT2D eigenvalue weighted by Gasteiger charge is -2.11. The van der Waals surface area contributed by atoms with Crippen LogP contribution in [0.1, 0.15) is 11.4 Å². The van der Waals surface area contributed by atoms with E-state index in [0.29, 0.717) is 16.7 Å². The Morgan fingerprint density at radius 3 is 2.46 bits per heavy atom. The Kier molecular flexibility index (Phi) is 5.08. The van der Waals surface area contributed by atoms with Crippen molar-refractivity contribution < 1.29 is 4.74 Å². The highest BCUT2D eigenvalue weighted by molar-refractivity contribution is 9.10. The van der Waals surface area contributed by atoms with Gasteiger partial charge in [0.15, 0.2) is 0 Å². The summed E-state index contributed by atoms with van der Waals surface area (Å²) in [6.07, 6.45) is 3.79. The number of benzene rings is 3. The monoisotopic (exact) mass is 432 g/mol. The van der Waals surface area contributed by atoms with Crippen molar-refractivity contribution >= 4 is 39.0 Å². The molecule has 0 amide bonds. The molecule has 0 spiro atoms. The maximum Gasteiger partial charge on any atom is 0.266 e. The summed E-state index contributed by atoms with van der Waals surface area (Å²) in [5.74, 6) is 1.34. The van der Waals surface area contributed by atoms with E-state index in [1.54, 1.807) is 17.7 Å². The van der Waals surface area contributed by atoms with Crippen LogP contribution >= 0.6 is 15.9 Å².